The largest absolute Gasteiger partial charge is 0.489 e. The summed E-state index contributed by atoms with van der Waals surface area (Å²) in [6, 6.07) is 16.7. The lowest BCUT2D eigenvalue weighted by Crippen LogP contribution is -2.13. The van der Waals surface area contributed by atoms with E-state index in [4.69, 9.17) is 16.3 Å². The van der Waals surface area contributed by atoms with E-state index in [9.17, 15) is 10.1 Å². The highest BCUT2D eigenvalue weighted by atomic mass is 35.5. The third kappa shape index (κ3) is 5.80. The summed E-state index contributed by atoms with van der Waals surface area (Å²) in [5.41, 5.74) is 1.68. The fourth-order valence-electron chi connectivity index (χ4n) is 2.60. The third-order valence-corrected chi connectivity index (χ3v) is 5.17. The number of nitriles is 1. The molecular weight excluding hydrogens is 418 g/mol. The molecule has 0 unspecified atom stereocenters. The number of thiazole rings is 1. The van der Waals surface area contributed by atoms with Gasteiger partial charge in [-0.15, -0.1) is 11.3 Å². The highest BCUT2D eigenvalue weighted by Crippen LogP contribution is 2.24. The van der Waals surface area contributed by atoms with Gasteiger partial charge in [0.1, 0.15) is 24.0 Å². The van der Waals surface area contributed by atoms with Crippen LogP contribution in [0.4, 0.5) is 5.13 Å². The van der Waals surface area contributed by atoms with Crippen molar-refractivity contribution < 1.29 is 9.53 Å². The Morgan fingerprint density at radius 1 is 1.27 bits per heavy atom. The quantitative estimate of drug-likeness (QED) is 0.288. The summed E-state index contributed by atoms with van der Waals surface area (Å²) in [6.45, 7) is 3.95. The van der Waals surface area contributed by atoms with Gasteiger partial charge in [-0.3, -0.25) is 10.1 Å². The van der Waals surface area contributed by atoms with Crippen LogP contribution in [0.5, 0.6) is 5.75 Å². The number of benzene rings is 2. The maximum Gasteiger partial charge on any atom is 0.268 e. The van der Waals surface area contributed by atoms with Crippen LogP contribution in [-0.4, -0.2) is 17.5 Å². The van der Waals surface area contributed by atoms with Gasteiger partial charge >= 0.3 is 0 Å². The molecule has 0 spiro atoms. The Morgan fingerprint density at radius 3 is 2.77 bits per heavy atom. The average molecular weight is 436 g/mol. The highest BCUT2D eigenvalue weighted by Gasteiger charge is 2.13. The van der Waals surface area contributed by atoms with Gasteiger partial charge < -0.3 is 4.74 Å². The molecular formula is C23H18ClN3O2S. The second-order valence-electron chi connectivity index (χ2n) is 6.20. The van der Waals surface area contributed by atoms with Crippen LogP contribution < -0.4 is 10.1 Å². The van der Waals surface area contributed by atoms with Crippen LogP contribution in [-0.2, 0) is 11.2 Å². The maximum atomic E-state index is 12.6. The number of para-hydroxylation sites is 1. The molecule has 1 amide bonds. The summed E-state index contributed by atoms with van der Waals surface area (Å²) < 4.78 is 5.57. The molecule has 5 nitrogen and oxygen atoms in total. The topological polar surface area (TPSA) is 75.0 Å². The zero-order chi connectivity index (χ0) is 21.3. The number of nitrogens with one attached hydrogen (secondary N) is 1. The summed E-state index contributed by atoms with van der Waals surface area (Å²) in [5, 5.41) is 13.3. The summed E-state index contributed by atoms with van der Waals surface area (Å²) in [4.78, 5) is 17.8. The van der Waals surface area contributed by atoms with Gasteiger partial charge in [-0.25, -0.2) is 4.98 Å². The summed E-state index contributed by atoms with van der Waals surface area (Å²) >= 11 is 7.27. The van der Waals surface area contributed by atoms with Crippen LogP contribution in [0.2, 0.25) is 5.02 Å². The number of hydrogen-bond donors (Lipinski definition) is 1. The second kappa shape index (κ2) is 10.4. The van der Waals surface area contributed by atoms with Gasteiger partial charge in [-0.1, -0.05) is 54.6 Å². The van der Waals surface area contributed by atoms with Crippen molar-refractivity contribution >= 4 is 40.1 Å². The van der Waals surface area contributed by atoms with Crippen LogP contribution >= 0.6 is 22.9 Å². The molecule has 3 rings (SSSR count). The van der Waals surface area contributed by atoms with E-state index >= 15 is 0 Å². The standard InChI is InChI=1S/C23H18ClN3O2S/c1-2-11-29-21-6-4-3-5-17(21)13-18(14-25)22(28)27-23-26-15-20(30-23)12-16-7-9-19(24)10-8-16/h2-10,13,15H,1,11-12H2,(H,26,27,28). The molecule has 0 atom stereocenters. The maximum absolute atomic E-state index is 12.6. The first-order valence-corrected chi connectivity index (χ1v) is 10.2. The van der Waals surface area contributed by atoms with Crippen LogP contribution in [0.25, 0.3) is 6.08 Å². The Bertz CT molecular complexity index is 1110. The van der Waals surface area contributed by atoms with Gasteiger partial charge in [-0.05, 0) is 29.8 Å². The van der Waals surface area contributed by atoms with E-state index in [1.54, 1.807) is 24.4 Å². The second-order valence-corrected chi connectivity index (χ2v) is 7.75. The molecule has 0 fully saturated rings. The van der Waals surface area contributed by atoms with E-state index in [1.165, 1.54) is 17.4 Å². The van der Waals surface area contributed by atoms with Crippen LogP contribution in [0.3, 0.4) is 0 Å². The van der Waals surface area contributed by atoms with Crippen molar-refractivity contribution in [1.82, 2.24) is 4.98 Å². The number of nitrogens with zero attached hydrogens (tertiary/aromatic N) is 2. The van der Waals surface area contributed by atoms with Crippen molar-refractivity contribution in [2.45, 2.75) is 6.42 Å². The Hall–Kier alpha value is -3.40. The van der Waals surface area contributed by atoms with Crippen molar-refractivity contribution in [2.75, 3.05) is 11.9 Å². The molecule has 30 heavy (non-hydrogen) atoms. The van der Waals surface area contributed by atoms with Gasteiger partial charge in [0.15, 0.2) is 5.13 Å². The van der Waals surface area contributed by atoms with E-state index in [0.717, 1.165) is 10.4 Å². The number of hydrogen-bond acceptors (Lipinski definition) is 5. The van der Waals surface area contributed by atoms with Gasteiger partial charge in [-0.2, -0.15) is 5.26 Å². The van der Waals surface area contributed by atoms with E-state index < -0.39 is 5.91 Å². The number of ether oxygens (including phenoxy) is 1. The molecule has 0 saturated carbocycles. The Labute approximate surface area is 183 Å². The fraction of sp³-hybridized carbons (Fsp3) is 0.0870. The Morgan fingerprint density at radius 2 is 2.03 bits per heavy atom. The lowest BCUT2D eigenvalue weighted by atomic mass is 10.1. The van der Waals surface area contributed by atoms with Gasteiger partial charge in [0.05, 0.1) is 0 Å². The summed E-state index contributed by atoms with van der Waals surface area (Å²) in [6.07, 6.45) is 5.52. The summed E-state index contributed by atoms with van der Waals surface area (Å²) in [5.74, 6) is 0.0425. The third-order valence-electron chi connectivity index (χ3n) is 4.01. The molecule has 2 aromatic carbocycles. The molecule has 150 valence electrons. The molecule has 0 bridgehead atoms. The predicted molar refractivity (Wildman–Crippen MR) is 121 cm³/mol. The number of amides is 1. The number of anilines is 1. The first kappa shape index (κ1) is 21.3. The van der Waals surface area contributed by atoms with Gasteiger partial charge in [0.2, 0.25) is 0 Å². The number of carbonyl (C=O) groups excluding carboxylic acids is 1. The van der Waals surface area contributed by atoms with Crippen molar-refractivity contribution in [3.63, 3.8) is 0 Å². The van der Waals surface area contributed by atoms with Crippen LogP contribution in [0.1, 0.15) is 16.0 Å². The van der Waals surface area contributed by atoms with Crippen LogP contribution in [0.15, 0.2) is 73.0 Å². The van der Waals surface area contributed by atoms with Gasteiger partial charge in [0, 0.05) is 28.1 Å². The molecule has 1 aromatic heterocycles. The minimum atomic E-state index is -0.525. The molecule has 0 aliphatic heterocycles. The molecule has 0 aliphatic rings. The lowest BCUT2D eigenvalue weighted by molar-refractivity contribution is -0.112. The van der Waals surface area contributed by atoms with E-state index in [0.29, 0.717) is 34.5 Å². The number of rotatable bonds is 8. The van der Waals surface area contributed by atoms with Crippen molar-refractivity contribution in [3.05, 3.63) is 94.0 Å². The molecule has 0 saturated heterocycles. The van der Waals surface area contributed by atoms with Crippen molar-refractivity contribution in [2.24, 2.45) is 0 Å². The first-order chi connectivity index (χ1) is 14.6. The Kier molecular flexibility index (Phi) is 7.39. The van der Waals surface area contributed by atoms with Crippen LogP contribution in [0, 0.1) is 11.3 Å². The number of aromatic nitrogens is 1. The molecule has 1 heterocycles. The molecule has 0 aliphatic carbocycles. The zero-order valence-electron chi connectivity index (χ0n) is 16.0. The molecule has 7 heteroatoms. The number of halogens is 1. The molecule has 1 N–H and O–H groups in total. The SMILES string of the molecule is C=CCOc1ccccc1C=C(C#N)C(=O)Nc1ncc(Cc2ccc(Cl)cc2)s1. The number of carbonyl (C=O) groups is 1. The lowest BCUT2D eigenvalue weighted by Gasteiger charge is -2.07. The average Bonchev–Trinajstić information content (AvgIpc) is 3.19. The fourth-order valence-corrected chi connectivity index (χ4v) is 3.57. The van der Waals surface area contributed by atoms with E-state index in [2.05, 4.69) is 16.9 Å². The Balaban J connectivity index is 1.71. The summed E-state index contributed by atoms with van der Waals surface area (Å²) in [7, 11) is 0. The van der Waals surface area contributed by atoms with E-state index in [-0.39, 0.29) is 5.57 Å². The first-order valence-electron chi connectivity index (χ1n) is 9.04. The highest BCUT2D eigenvalue weighted by molar-refractivity contribution is 7.15. The van der Waals surface area contributed by atoms with Crippen molar-refractivity contribution in [1.29, 1.82) is 5.26 Å². The van der Waals surface area contributed by atoms with E-state index in [1.807, 2.05) is 42.5 Å². The molecule has 0 radical (unpaired) electrons. The van der Waals surface area contributed by atoms with Gasteiger partial charge in [0.25, 0.3) is 5.91 Å². The zero-order valence-corrected chi connectivity index (χ0v) is 17.5. The minimum absolute atomic E-state index is 0.0425. The minimum Gasteiger partial charge on any atom is -0.489 e. The predicted octanol–water partition coefficient (Wildman–Crippen LogP) is 5.50. The molecule has 3 aromatic rings. The monoisotopic (exact) mass is 435 g/mol. The smallest absolute Gasteiger partial charge is 0.268 e. The normalized spacial score (nSPS) is 10.9. The van der Waals surface area contributed by atoms with Crippen molar-refractivity contribution in [3.8, 4) is 11.8 Å².